The molecule has 1 aromatic rings. The Hall–Kier alpha value is -0.620. The molecule has 0 aliphatic carbocycles. The highest BCUT2D eigenvalue weighted by Gasteiger charge is 2.09. The van der Waals surface area contributed by atoms with Gasteiger partial charge in [-0.1, -0.05) is 6.92 Å². The standard InChI is InChI=1S/C11H16IN3/c1-3-11(14)15(2)10-5-4-9(12)6-8(10)7-13/h4-6,14H,3,7,13H2,1-2H3. The summed E-state index contributed by atoms with van der Waals surface area (Å²) in [7, 11) is 1.91. The second-order valence-corrected chi connectivity index (χ2v) is 4.58. The second kappa shape index (κ2) is 5.46. The largest absolute Gasteiger partial charge is 0.333 e. The Kier molecular flexibility index (Phi) is 4.53. The third kappa shape index (κ3) is 2.92. The summed E-state index contributed by atoms with van der Waals surface area (Å²) in [4.78, 5) is 1.89. The van der Waals surface area contributed by atoms with E-state index in [2.05, 4.69) is 28.7 Å². The fourth-order valence-corrected chi connectivity index (χ4v) is 1.98. The molecule has 0 radical (unpaired) electrons. The van der Waals surface area contributed by atoms with Gasteiger partial charge in [0, 0.05) is 29.3 Å². The number of amidine groups is 1. The molecule has 1 aromatic carbocycles. The second-order valence-electron chi connectivity index (χ2n) is 3.34. The van der Waals surface area contributed by atoms with E-state index in [4.69, 9.17) is 11.1 Å². The molecule has 0 saturated carbocycles. The van der Waals surface area contributed by atoms with E-state index in [9.17, 15) is 0 Å². The van der Waals surface area contributed by atoms with Crippen molar-refractivity contribution in [1.82, 2.24) is 0 Å². The Morgan fingerprint density at radius 3 is 2.73 bits per heavy atom. The van der Waals surface area contributed by atoms with Crippen LogP contribution in [0.15, 0.2) is 18.2 Å². The first-order chi connectivity index (χ1) is 7.10. The molecule has 0 atom stereocenters. The quantitative estimate of drug-likeness (QED) is 0.511. The third-order valence-corrected chi connectivity index (χ3v) is 3.03. The summed E-state index contributed by atoms with van der Waals surface area (Å²) in [5, 5.41) is 7.79. The summed E-state index contributed by atoms with van der Waals surface area (Å²) in [6.07, 6.45) is 0.729. The van der Waals surface area contributed by atoms with E-state index in [1.54, 1.807) is 0 Å². The minimum Gasteiger partial charge on any atom is -0.333 e. The van der Waals surface area contributed by atoms with Gasteiger partial charge in [-0.3, -0.25) is 5.41 Å². The number of hydrogen-bond donors (Lipinski definition) is 2. The van der Waals surface area contributed by atoms with Crippen LogP contribution in [0.1, 0.15) is 18.9 Å². The smallest absolute Gasteiger partial charge is 0.0997 e. The van der Waals surface area contributed by atoms with Crippen LogP contribution in [0.3, 0.4) is 0 Å². The summed E-state index contributed by atoms with van der Waals surface area (Å²) >= 11 is 2.27. The van der Waals surface area contributed by atoms with Gasteiger partial charge in [-0.25, -0.2) is 0 Å². The SMILES string of the molecule is CCC(=N)N(C)c1ccc(I)cc1CN. The third-order valence-electron chi connectivity index (χ3n) is 2.36. The molecule has 4 heteroatoms. The molecule has 0 bridgehead atoms. The zero-order chi connectivity index (χ0) is 11.4. The molecule has 0 aromatic heterocycles. The van der Waals surface area contributed by atoms with E-state index >= 15 is 0 Å². The molecule has 0 heterocycles. The molecule has 1 rings (SSSR count). The van der Waals surface area contributed by atoms with Gasteiger partial charge in [0.25, 0.3) is 0 Å². The number of halogens is 1. The molecule has 0 saturated heterocycles. The molecule has 0 amide bonds. The number of anilines is 1. The van der Waals surface area contributed by atoms with E-state index in [0.717, 1.165) is 17.7 Å². The molecule has 0 aliphatic heterocycles. The van der Waals surface area contributed by atoms with Gasteiger partial charge in [-0.2, -0.15) is 0 Å². The lowest BCUT2D eigenvalue weighted by Crippen LogP contribution is -2.26. The van der Waals surface area contributed by atoms with Crippen molar-refractivity contribution >= 4 is 34.1 Å². The lowest BCUT2D eigenvalue weighted by molar-refractivity contribution is 1.04. The fraction of sp³-hybridized carbons (Fsp3) is 0.364. The van der Waals surface area contributed by atoms with Crippen molar-refractivity contribution in [2.45, 2.75) is 19.9 Å². The van der Waals surface area contributed by atoms with E-state index < -0.39 is 0 Å². The zero-order valence-electron chi connectivity index (χ0n) is 9.05. The highest BCUT2D eigenvalue weighted by molar-refractivity contribution is 14.1. The maximum absolute atomic E-state index is 7.79. The number of rotatable bonds is 3. The Morgan fingerprint density at radius 2 is 2.20 bits per heavy atom. The molecule has 0 unspecified atom stereocenters. The van der Waals surface area contributed by atoms with E-state index in [1.807, 2.05) is 31.0 Å². The summed E-state index contributed by atoms with van der Waals surface area (Å²) in [5.41, 5.74) is 7.82. The molecule has 0 fully saturated rings. The van der Waals surface area contributed by atoms with Crippen LogP contribution < -0.4 is 10.6 Å². The average molecular weight is 317 g/mol. The normalized spacial score (nSPS) is 10.1. The number of hydrogen-bond acceptors (Lipinski definition) is 2. The van der Waals surface area contributed by atoms with Gasteiger partial charge in [0.05, 0.1) is 5.84 Å². The predicted molar refractivity (Wildman–Crippen MR) is 73.5 cm³/mol. The highest BCUT2D eigenvalue weighted by atomic mass is 127. The van der Waals surface area contributed by atoms with Crippen LogP contribution in [0, 0.1) is 8.98 Å². The monoisotopic (exact) mass is 317 g/mol. The van der Waals surface area contributed by atoms with E-state index in [0.29, 0.717) is 12.4 Å². The van der Waals surface area contributed by atoms with Crippen LogP contribution in [0.5, 0.6) is 0 Å². The van der Waals surface area contributed by atoms with Crippen molar-refractivity contribution in [2.24, 2.45) is 5.73 Å². The molecular formula is C11H16IN3. The fourth-order valence-electron chi connectivity index (χ4n) is 1.43. The van der Waals surface area contributed by atoms with Gasteiger partial charge in [-0.15, -0.1) is 0 Å². The Morgan fingerprint density at radius 1 is 1.53 bits per heavy atom. The topological polar surface area (TPSA) is 53.1 Å². The van der Waals surface area contributed by atoms with Crippen molar-refractivity contribution in [1.29, 1.82) is 5.41 Å². The molecular weight excluding hydrogens is 301 g/mol. The van der Waals surface area contributed by atoms with Crippen LogP contribution in [-0.2, 0) is 6.54 Å². The average Bonchev–Trinajstić information content (AvgIpc) is 2.26. The Bertz CT molecular complexity index is 363. The van der Waals surface area contributed by atoms with Gasteiger partial charge in [0.1, 0.15) is 0 Å². The summed E-state index contributed by atoms with van der Waals surface area (Å²) in [5.74, 6) is 0.603. The maximum atomic E-state index is 7.79. The first-order valence-electron chi connectivity index (χ1n) is 4.89. The molecule has 3 nitrogen and oxygen atoms in total. The molecule has 15 heavy (non-hydrogen) atoms. The molecule has 82 valence electrons. The zero-order valence-corrected chi connectivity index (χ0v) is 11.2. The molecule has 0 aliphatic rings. The van der Waals surface area contributed by atoms with Crippen molar-refractivity contribution in [3.63, 3.8) is 0 Å². The Balaban J connectivity index is 3.07. The summed E-state index contributed by atoms with van der Waals surface area (Å²) < 4.78 is 1.17. The van der Waals surface area contributed by atoms with Gasteiger partial charge in [0.15, 0.2) is 0 Å². The number of nitrogens with one attached hydrogen (secondary N) is 1. The highest BCUT2D eigenvalue weighted by Crippen LogP contribution is 2.22. The first-order valence-corrected chi connectivity index (χ1v) is 5.97. The van der Waals surface area contributed by atoms with Gasteiger partial charge in [0.2, 0.25) is 0 Å². The first kappa shape index (κ1) is 12.4. The minimum absolute atomic E-state index is 0.507. The van der Waals surface area contributed by atoms with Gasteiger partial charge >= 0.3 is 0 Å². The molecule has 3 N–H and O–H groups in total. The Labute approximate surface area is 104 Å². The minimum atomic E-state index is 0.507. The molecule has 0 spiro atoms. The summed E-state index contributed by atoms with van der Waals surface area (Å²) in [6, 6.07) is 6.12. The van der Waals surface area contributed by atoms with Crippen LogP contribution in [0.2, 0.25) is 0 Å². The number of nitrogens with two attached hydrogens (primary N) is 1. The van der Waals surface area contributed by atoms with Crippen LogP contribution in [0.25, 0.3) is 0 Å². The van der Waals surface area contributed by atoms with Crippen molar-refractivity contribution < 1.29 is 0 Å². The van der Waals surface area contributed by atoms with E-state index in [-0.39, 0.29) is 0 Å². The van der Waals surface area contributed by atoms with Crippen LogP contribution >= 0.6 is 22.6 Å². The van der Waals surface area contributed by atoms with Crippen molar-refractivity contribution in [3.8, 4) is 0 Å². The lowest BCUT2D eigenvalue weighted by atomic mass is 10.1. The van der Waals surface area contributed by atoms with Crippen LogP contribution in [0.4, 0.5) is 5.69 Å². The number of nitrogens with zero attached hydrogens (tertiary/aromatic N) is 1. The maximum Gasteiger partial charge on any atom is 0.0997 e. The summed E-state index contributed by atoms with van der Waals surface area (Å²) in [6.45, 7) is 2.49. The lowest BCUT2D eigenvalue weighted by Gasteiger charge is -2.22. The van der Waals surface area contributed by atoms with Gasteiger partial charge < -0.3 is 10.6 Å². The van der Waals surface area contributed by atoms with E-state index in [1.165, 1.54) is 3.57 Å². The predicted octanol–water partition coefficient (Wildman–Crippen LogP) is 2.57. The van der Waals surface area contributed by atoms with Crippen LogP contribution in [-0.4, -0.2) is 12.9 Å². The van der Waals surface area contributed by atoms with Gasteiger partial charge in [-0.05, 0) is 46.4 Å². The van der Waals surface area contributed by atoms with Crippen molar-refractivity contribution in [3.05, 3.63) is 27.3 Å². The number of benzene rings is 1. The van der Waals surface area contributed by atoms with Crippen molar-refractivity contribution in [2.75, 3.05) is 11.9 Å².